The summed E-state index contributed by atoms with van der Waals surface area (Å²) in [6.07, 6.45) is 4.00. The van der Waals surface area contributed by atoms with Gasteiger partial charge in [-0.15, -0.1) is 0 Å². The van der Waals surface area contributed by atoms with Gasteiger partial charge in [0.05, 0.1) is 11.9 Å². The maximum Gasteiger partial charge on any atom is 0.126 e. The molecule has 2 heterocycles. The lowest BCUT2D eigenvalue weighted by atomic mass is 10.1. The Morgan fingerprint density at radius 1 is 1.53 bits per heavy atom. The number of aromatic nitrogens is 1. The summed E-state index contributed by atoms with van der Waals surface area (Å²) in [5.41, 5.74) is 6.25. The van der Waals surface area contributed by atoms with Gasteiger partial charge >= 0.3 is 0 Å². The van der Waals surface area contributed by atoms with Crippen LogP contribution in [0.2, 0.25) is 0 Å². The second-order valence-corrected chi connectivity index (χ2v) is 3.92. The molecule has 4 nitrogen and oxygen atoms in total. The Balaban J connectivity index is 1.71. The van der Waals surface area contributed by atoms with E-state index in [9.17, 15) is 0 Å². The van der Waals surface area contributed by atoms with Gasteiger partial charge < -0.3 is 15.8 Å². The highest BCUT2D eigenvalue weighted by Crippen LogP contribution is 2.16. The molecule has 1 saturated heterocycles. The quantitative estimate of drug-likeness (QED) is 0.785. The molecule has 82 valence electrons. The van der Waals surface area contributed by atoms with E-state index in [0.717, 1.165) is 32.0 Å². The molecule has 4 heteroatoms. The standard InChI is InChI=1S/C11H17N3O/c12-10-1-2-11(14-7-10)13-5-3-9-4-6-15-8-9/h1-2,7,9H,3-6,8,12H2,(H,13,14). The molecule has 1 aromatic heterocycles. The van der Waals surface area contributed by atoms with Crippen molar-refractivity contribution in [3.05, 3.63) is 18.3 Å². The number of hydrogen-bond donors (Lipinski definition) is 2. The third kappa shape index (κ3) is 3.09. The molecule has 1 aliphatic rings. The Bertz CT molecular complexity index is 293. The van der Waals surface area contributed by atoms with Crippen molar-refractivity contribution in [1.82, 2.24) is 4.98 Å². The number of ether oxygens (including phenoxy) is 1. The molecule has 1 aromatic rings. The van der Waals surface area contributed by atoms with E-state index in [2.05, 4.69) is 10.3 Å². The molecule has 3 N–H and O–H groups in total. The van der Waals surface area contributed by atoms with Crippen LogP contribution in [0.4, 0.5) is 11.5 Å². The fraction of sp³-hybridized carbons (Fsp3) is 0.545. The number of rotatable bonds is 4. The van der Waals surface area contributed by atoms with Crippen molar-refractivity contribution >= 4 is 11.5 Å². The molecule has 0 radical (unpaired) electrons. The first-order valence-electron chi connectivity index (χ1n) is 5.38. The van der Waals surface area contributed by atoms with Gasteiger partial charge in [0, 0.05) is 19.8 Å². The van der Waals surface area contributed by atoms with Crippen LogP contribution >= 0.6 is 0 Å². The minimum absolute atomic E-state index is 0.699. The highest BCUT2D eigenvalue weighted by molar-refractivity contribution is 5.43. The number of nitrogens with one attached hydrogen (secondary N) is 1. The second-order valence-electron chi connectivity index (χ2n) is 3.92. The summed E-state index contributed by atoms with van der Waals surface area (Å²) in [5.74, 6) is 1.61. The Hall–Kier alpha value is -1.29. The maximum absolute atomic E-state index is 5.55. The summed E-state index contributed by atoms with van der Waals surface area (Å²) < 4.78 is 5.32. The topological polar surface area (TPSA) is 60.2 Å². The third-order valence-corrected chi connectivity index (χ3v) is 2.67. The SMILES string of the molecule is Nc1ccc(NCCC2CCOC2)nc1. The molecule has 1 unspecified atom stereocenters. The van der Waals surface area contributed by atoms with Gasteiger partial charge in [0.25, 0.3) is 0 Å². The van der Waals surface area contributed by atoms with Crippen molar-refractivity contribution in [2.24, 2.45) is 5.92 Å². The van der Waals surface area contributed by atoms with Crippen molar-refractivity contribution in [1.29, 1.82) is 0 Å². The maximum atomic E-state index is 5.55. The molecule has 0 bridgehead atoms. The lowest BCUT2D eigenvalue weighted by molar-refractivity contribution is 0.185. The van der Waals surface area contributed by atoms with E-state index in [-0.39, 0.29) is 0 Å². The largest absolute Gasteiger partial charge is 0.397 e. The van der Waals surface area contributed by atoms with Crippen LogP contribution in [0.1, 0.15) is 12.8 Å². The molecule has 15 heavy (non-hydrogen) atoms. The summed E-state index contributed by atoms with van der Waals surface area (Å²) in [5, 5.41) is 3.28. The van der Waals surface area contributed by atoms with Gasteiger partial charge in [-0.1, -0.05) is 0 Å². The minimum Gasteiger partial charge on any atom is -0.397 e. The summed E-state index contributed by atoms with van der Waals surface area (Å²) in [7, 11) is 0. The first kappa shape index (κ1) is 10.2. The minimum atomic E-state index is 0.699. The molecule has 0 aromatic carbocycles. The summed E-state index contributed by atoms with van der Waals surface area (Å²) in [6.45, 7) is 2.78. The average molecular weight is 207 g/mol. The van der Waals surface area contributed by atoms with Crippen LogP contribution in [0.3, 0.4) is 0 Å². The number of pyridine rings is 1. The van der Waals surface area contributed by atoms with Crippen LogP contribution < -0.4 is 11.1 Å². The molecule has 1 fully saturated rings. The van der Waals surface area contributed by atoms with Gasteiger partial charge in [0.15, 0.2) is 0 Å². The summed E-state index contributed by atoms with van der Waals surface area (Å²) >= 11 is 0. The van der Waals surface area contributed by atoms with E-state index in [4.69, 9.17) is 10.5 Å². The Morgan fingerprint density at radius 2 is 2.47 bits per heavy atom. The molecule has 1 aliphatic heterocycles. The predicted octanol–water partition coefficient (Wildman–Crippen LogP) is 1.50. The molecule has 0 aliphatic carbocycles. The lowest BCUT2D eigenvalue weighted by Gasteiger charge is -2.08. The Labute approximate surface area is 89.8 Å². The van der Waals surface area contributed by atoms with Gasteiger partial charge in [-0.25, -0.2) is 4.98 Å². The molecule has 2 rings (SSSR count). The van der Waals surface area contributed by atoms with Crippen LogP contribution in [0.15, 0.2) is 18.3 Å². The molecule has 0 amide bonds. The van der Waals surface area contributed by atoms with E-state index in [0.29, 0.717) is 11.6 Å². The van der Waals surface area contributed by atoms with Gasteiger partial charge in [-0.2, -0.15) is 0 Å². The van der Waals surface area contributed by atoms with Gasteiger partial charge in [0.1, 0.15) is 5.82 Å². The summed E-state index contributed by atoms with van der Waals surface area (Å²) in [4.78, 5) is 4.18. The molecule has 1 atom stereocenters. The van der Waals surface area contributed by atoms with Crippen molar-refractivity contribution < 1.29 is 4.74 Å². The van der Waals surface area contributed by atoms with Gasteiger partial charge in [0.2, 0.25) is 0 Å². The monoisotopic (exact) mass is 207 g/mol. The second kappa shape index (κ2) is 4.98. The van der Waals surface area contributed by atoms with Crippen LogP contribution in [0, 0.1) is 5.92 Å². The Kier molecular flexibility index (Phi) is 3.40. The average Bonchev–Trinajstić information content (AvgIpc) is 2.74. The van der Waals surface area contributed by atoms with Crippen molar-refractivity contribution in [3.8, 4) is 0 Å². The van der Waals surface area contributed by atoms with Crippen molar-refractivity contribution in [2.45, 2.75) is 12.8 Å². The van der Waals surface area contributed by atoms with Gasteiger partial charge in [-0.3, -0.25) is 0 Å². The predicted molar refractivity (Wildman–Crippen MR) is 60.7 cm³/mol. The van der Waals surface area contributed by atoms with Crippen molar-refractivity contribution in [3.63, 3.8) is 0 Å². The first-order valence-corrected chi connectivity index (χ1v) is 5.38. The van der Waals surface area contributed by atoms with E-state index in [1.807, 2.05) is 12.1 Å². The van der Waals surface area contributed by atoms with E-state index in [1.165, 1.54) is 6.42 Å². The van der Waals surface area contributed by atoms with Crippen LogP contribution in [0.5, 0.6) is 0 Å². The van der Waals surface area contributed by atoms with Crippen LogP contribution in [0.25, 0.3) is 0 Å². The fourth-order valence-corrected chi connectivity index (χ4v) is 1.73. The van der Waals surface area contributed by atoms with E-state index < -0.39 is 0 Å². The zero-order valence-corrected chi connectivity index (χ0v) is 8.78. The number of nitrogens with two attached hydrogens (primary N) is 1. The molecule has 0 spiro atoms. The number of nitrogens with zero attached hydrogens (tertiary/aromatic N) is 1. The zero-order chi connectivity index (χ0) is 10.5. The zero-order valence-electron chi connectivity index (χ0n) is 8.78. The fourth-order valence-electron chi connectivity index (χ4n) is 1.73. The molecular formula is C11H17N3O. The Morgan fingerprint density at radius 3 is 3.13 bits per heavy atom. The number of anilines is 2. The van der Waals surface area contributed by atoms with Crippen LogP contribution in [-0.4, -0.2) is 24.7 Å². The highest BCUT2D eigenvalue weighted by atomic mass is 16.5. The molecular weight excluding hydrogens is 190 g/mol. The smallest absolute Gasteiger partial charge is 0.126 e. The van der Waals surface area contributed by atoms with E-state index >= 15 is 0 Å². The first-order chi connectivity index (χ1) is 7.34. The van der Waals surface area contributed by atoms with Crippen molar-refractivity contribution in [2.75, 3.05) is 30.8 Å². The van der Waals surface area contributed by atoms with Crippen LogP contribution in [-0.2, 0) is 4.74 Å². The normalized spacial score (nSPS) is 20.4. The van der Waals surface area contributed by atoms with Gasteiger partial charge in [-0.05, 0) is 30.9 Å². The highest BCUT2D eigenvalue weighted by Gasteiger charge is 2.14. The lowest BCUT2D eigenvalue weighted by Crippen LogP contribution is -2.09. The number of nitrogen functional groups attached to an aromatic ring is 1. The summed E-state index contributed by atoms with van der Waals surface area (Å²) in [6, 6.07) is 3.76. The van der Waals surface area contributed by atoms with E-state index in [1.54, 1.807) is 6.20 Å². The number of hydrogen-bond acceptors (Lipinski definition) is 4. The third-order valence-electron chi connectivity index (χ3n) is 2.67. The molecule has 0 saturated carbocycles.